The maximum absolute atomic E-state index is 12.6. The van der Waals surface area contributed by atoms with Crippen LogP contribution in [-0.2, 0) is 11.3 Å². The van der Waals surface area contributed by atoms with E-state index in [2.05, 4.69) is 48.5 Å². The Morgan fingerprint density at radius 3 is 2.61 bits per heavy atom. The van der Waals surface area contributed by atoms with Gasteiger partial charge < -0.3 is 10.6 Å². The SMILES string of the molecule is CC(N)CCC(=O)N1Cc2ccccc2C(c2ccccc2)C1. The molecule has 0 fully saturated rings. The van der Waals surface area contributed by atoms with Crippen molar-refractivity contribution < 1.29 is 4.79 Å². The number of rotatable bonds is 4. The molecule has 1 aliphatic heterocycles. The van der Waals surface area contributed by atoms with Gasteiger partial charge in [0.1, 0.15) is 0 Å². The molecule has 2 N–H and O–H groups in total. The number of amides is 1. The topological polar surface area (TPSA) is 46.3 Å². The van der Waals surface area contributed by atoms with Crippen LogP contribution < -0.4 is 5.73 Å². The summed E-state index contributed by atoms with van der Waals surface area (Å²) < 4.78 is 0. The predicted octanol–water partition coefficient (Wildman–Crippen LogP) is 3.29. The fourth-order valence-corrected chi connectivity index (χ4v) is 3.28. The monoisotopic (exact) mass is 308 g/mol. The van der Waals surface area contributed by atoms with Crippen molar-refractivity contribution >= 4 is 5.91 Å². The van der Waals surface area contributed by atoms with E-state index in [0.29, 0.717) is 13.0 Å². The lowest BCUT2D eigenvalue weighted by Crippen LogP contribution is -2.39. The molecule has 3 rings (SSSR count). The van der Waals surface area contributed by atoms with Crippen LogP contribution in [-0.4, -0.2) is 23.4 Å². The molecule has 120 valence electrons. The van der Waals surface area contributed by atoms with E-state index in [0.717, 1.165) is 13.0 Å². The normalized spacial score (nSPS) is 18.3. The van der Waals surface area contributed by atoms with E-state index in [-0.39, 0.29) is 17.9 Å². The van der Waals surface area contributed by atoms with Gasteiger partial charge in [-0.3, -0.25) is 4.79 Å². The third-order valence-corrected chi connectivity index (χ3v) is 4.56. The number of hydrogen-bond donors (Lipinski definition) is 1. The molecule has 2 atom stereocenters. The van der Waals surface area contributed by atoms with Crippen molar-refractivity contribution in [1.29, 1.82) is 0 Å². The lowest BCUT2D eigenvalue weighted by molar-refractivity contribution is -0.132. The minimum atomic E-state index is 0.0703. The Morgan fingerprint density at radius 1 is 1.17 bits per heavy atom. The maximum Gasteiger partial charge on any atom is 0.222 e. The molecular formula is C20H24N2O. The Kier molecular flexibility index (Phi) is 4.77. The van der Waals surface area contributed by atoms with Crippen LogP contribution in [0.2, 0.25) is 0 Å². The van der Waals surface area contributed by atoms with Crippen molar-refractivity contribution in [2.24, 2.45) is 5.73 Å². The fraction of sp³-hybridized carbons (Fsp3) is 0.350. The van der Waals surface area contributed by atoms with E-state index in [1.165, 1.54) is 16.7 Å². The van der Waals surface area contributed by atoms with Crippen molar-refractivity contribution in [2.45, 2.75) is 38.3 Å². The highest BCUT2D eigenvalue weighted by Crippen LogP contribution is 2.33. The van der Waals surface area contributed by atoms with Crippen molar-refractivity contribution in [2.75, 3.05) is 6.54 Å². The number of nitrogens with zero attached hydrogens (tertiary/aromatic N) is 1. The first kappa shape index (κ1) is 15.8. The summed E-state index contributed by atoms with van der Waals surface area (Å²) in [6, 6.07) is 19.0. The van der Waals surface area contributed by atoms with Crippen molar-refractivity contribution in [3.8, 4) is 0 Å². The average molecular weight is 308 g/mol. The van der Waals surface area contributed by atoms with E-state index < -0.39 is 0 Å². The standard InChI is InChI=1S/C20H24N2O/c1-15(21)11-12-20(23)22-13-17-9-5-6-10-18(17)19(14-22)16-7-3-2-4-8-16/h2-10,15,19H,11-14,21H2,1H3. The van der Waals surface area contributed by atoms with Gasteiger partial charge in [-0.2, -0.15) is 0 Å². The average Bonchev–Trinajstić information content (AvgIpc) is 2.59. The minimum absolute atomic E-state index is 0.0703. The molecule has 0 aliphatic carbocycles. The number of hydrogen-bond acceptors (Lipinski definition) is 2. The quantitative estimate of drug-likeness (QED) is 0.942. The molecule has 0 bridgehead atoms. The van der Waals surface area contributed by atoms with Crippen molar-refractivity contribution in [3.63, 3.8) is 0 Å². The largest absolute Gasteiger partial charge is 0.337 e. The van der Waals surface area contributed by atoms with Gasteiger partial charge in [-0.1, -0.05) is 54.6 Å². The van der Waals surface area contributed by atoms with Gasteiger partial charge in [-0.15, -0.1) is 0 Å². The summed E-state index contributed by atoms with van der Waals surface area (Å²) >= 11 is 0. The lowest BCUT2D eigenvalue weighted by Gasteiger charge is -2.35. The molecule has 2 aromatic carbocycles. The van der Waals surface area contributed by atoms with Gasteiger partial charge in [0.15, 0.2) is 0 Å². The Bertz CT molecular complexity index is 666. The molecule has 0 radical (unpaired) electrons. The van der Waals surface area contributed by atoms with E-state index in [1.807, 2.05) is 17.9 Å². The third-order valence-electron chi connectivity index (χ3n) is 4.56. The van der Waals surface area contributed by atoms with Crippen LogP contribution in [0.1, 0.15) is 42.4 Å². The van der Waals surface area contributed by atoms with Crippen LogP contribution in [0.5, 0.6) is 0 Å². The molecule has 0 spiro atoms. The highest BCUT2D eigenvalue weighted by atomic mass is 16.2. The number of benzene rings is 2. The molecule has 1 aliphatic rings. The first-order chi connectivity index (χ1) is 11.1. The summed E-state index contributed by atoms with van der Waals surface area (Å²) in [5.74, 6) is 0.457. The highest BCUT2D eigenvalue weighted by molar-refractivity contribution is 5.77. The number of fused-ring (bicyclic) bond motifs is 1. The lowest BCUT2D eigenvalue weighted by atomic mass is 9.84. The van der Waals surface area contributed by atoms with Crippen LogP contribution in [0.4, 0.5) is 0 Å². The van der Waals surface area contributed by atoms with Crippen molar-refractivity contribution in [1.82, 2.24) is 4.90 Å². The van der Waals surface area contributed by atoms with Gasteiger partial charge in [0.25, 0.3) is 0 Å². The molecule has 2 unspecified atom stereocenters. The van der Waals surface area contributed by atoms with Crippen LogP contribution in [0.3, 0.4) is 0 Å². The van der Waals surface area contributed by atoms with Gasteiger partial charge in [-0.05, 0) is 30.0 Å². The Morgan fingerprint density at radius 2 is 1.87 bits per heavy atom. The molecule has 1 amide bonds. The van der Waals surface area contributed by atoms with Crippen LogP contribution in [0.25, 0.3) is 0 Å². The Hall–Kier alpha value is -2.13. The van der Waals surface area contributed by atoms with Crippen LogP contribution >= 0.6 is 0 Å². The molecular weight excluding hydrogens is 284 g/mol. The summed E-state index contributed by atoms with van der Waals surface area (Å²) in [5, 5.41) is 0. The summed E-state index contributed by atoms with van der Waals surface area (Å²) in [5.41, 5.74) is 9.66. The maximum atomic E-state index is 12.6. The molecule has 0 saturated carbocycles. The predicted molar refractivity (Wildman–Crippen MR) is 93.0 cm³/mol. The van der Waals surface area contributed by atoms with Gasteiger partial charge in [0, 0.05) is 31.5 Å². The zero-order valence-corrected chi connectivity index (χ0v) is 13.6. The second-order valence-electron chi connectivity index (χ2n) is 6.45. The summed E-state index contributed by atoms with van der Waals surface area (Å²) in [6.45, 7) is 3.40. The molecule has 0 saturated heterocycles. The Labute approximate surface area is 138 Å². The van der Waals surface area contributed by atoms with E-state index in [9.17, 15) is 4.79 Å². The Balaban J connectivity index is 1.86. The van der Waals surface area contributed by atoms with Gasteiger partial charge in [-0.25, -0.2) is 0 Å². The summed E-state index contributed by atoms with van der Waals surface area (Å²) in [6.07, 6.45) is 1.27. The highest BCUT2D eigenvalue weighted by Gasteiger charge is 2.28. The van der Waals surface area contributed by atoms with E-state index in [4.69, 9.17) is 5.73 Å². The fourth-order valence-electron chi connectivity index (χ4n) is 3.28. The summed E-state index contributed by atoms with van der Waals surface area (Å²) in [7, 11) is 0. The van der Waals surface area contributed by atoms with Crippen LogP contribution in [0, 0.1) is 0 Å². The van der Waals surface area contributed by atoms with Crippen molar-refractivity contribution in [3.05, 3.63) is 71.3 Å². The molecule has 3 nitrogen and oxygen atoms in total. The van der Waals surface area contributed by atoms with E-state index in [1.54, 1.807) is 0 Å². The smallest absolute Gasteiger partial charge is 0.222 e. The zero-order chi connectivity index (χ0) is 16.2. The first-order valence-electron chi connectivity index (χ1n) is 8.31. The van der Waals surface area contributed by atoms with E-state index >= 15 is 0 Å². The zero-order valence-electron chi connectivity index (χ0n) is 13.6. The first-order valence-corrected chi connectivity index (χ1v) is 8.31. The van der Waals surface area contributed by atoms with Gasteiger partial charge >= 0.3 is 0 Å². The third kappa shape index (κ3) is 3.62. The molecule has 0 aromatic heterocycles. The molecule has 2 aromatic rings. The molecule has 1 heterocycles. The van der Waals surface area contributed by atoms with Gasteiger partial charge in [0.05, 0.1) is 0 Å². The molecule has 23 heavy (non-hydrogen) atoms. The minimum Gasteiger partial charge on any atom is -0.337 e. The number of carbonyl (C=O) groups excluding carboxylic acids is 1. The second kappa shape index (κ2) is 6.97. The summed E-state index contributed by atoms with van der Waals surface area (Å²) in [4.78, 5) is 14.5. The number of nitrogens with two attached hydrogens (primary N) is 1. The van der Waals surface area contributed by atoms with Gasteiger partial charge in [0.2, 0.25) is 5.91 Å². The second-order valence-corrected chi connectivity index (χ2v) is 6.45. The number of carbonyl (C=O) groups is 1. The molecule has 3 heteroatoms. The van der Waals surface area contributed by atoms with Crippen LogP contribution in [0.15, 0.2) is 54.6 Å².